The van der Waals surface area contributed by atoms with Crippen LogP contribution in [0.2, 0.25) is 0 Å². The summed E-state index contributed by atoms with van der Waals surface area (Å²) in [4.78, 5) is 2.13. The summed E-state index contributed by atoms with van der Waals surface area (Å²) in [5.74, 6) is 0. The molecule has 1 aliphatic rings. The van der Waals surface area contributed by atoms with Crippen LogP contribution < -0.4 is 5.73 Å². The second kappa shape index (κ2) is 5.66. The van der Waals surface area contributed by atoms with Gasteiger partial charge in [-0.3, -0.25) is 0 Å². The Hall–Kier alpha value is -0.160. The molecule has 1 rings (SSSR count). The Balaban J connectivity index is 2.26. The van der Waals surface area contributed by atoms with Gasteiger partial charge in [-0.1, -0.05) is 0 Å². The summed E-state index contributed by atoms with van der Waals surface area (Å²) in [6, 6.07) is 0.887. The van der Waals surface area contributed by atoms with Crippen LogP contribution >= 0.6 is 0 Å². The van der Waals surface area contributed by atoms with Crippen LogP contribution in [0, 0.1) is 0 Å². The molecule has 0 radical (unpaired) electrons. The van der Waals surface area contributed by atoms with Gasteiger partial charge in [0, 0.05) is 18.6 Å². The number of aliphatic hydroxyl groups excluding tert-OH is 2. The Labute approximate surface area is 85.7 Å². The zero-order valence-corrected chi connectivity index (χ0v) is 8.89. The lowest BCUT2D eigenvalue weighted by Crippen LogP contribution is -2.42. The molecule has 0 aliphatic heterocycles. The molecular formula is C10H22N2O2. The molecule has 0 aromatic carbocycles. The minimum atomic E-state index is -0.615. The summed E-state index contributed by atoms with van der Waals surface area (Å²) < 4.78 is 0. The van der Waals surface area contributed by atoms with E-state index in [1.165, 1.54) is 0 Å². The van der Waals surface area contributed by atoms with Crippen molar-refractivity contribution in [3.63, 3.8) is 0 Å². The van der Waals surface area contributed by atoms with E-state index in [2.05, 4.69) is 4.90 Å². The molecule has 0 aromatic rings. The van der Waals surface area contributed by atoms with E-state index >= 15 is 0 Å². The highest BCUT2D eigenvalue weighted by Crippen LogP contribution is 2.21. The smallest absolute Gasteiger partial charge is 0.0897 e. The number of likely N-dealkylation sites (N-methyl/N-ethyl adjacent to an activating group) is 1. The van der Waals surface area contributed by atoms with Crippen LogP contribution in [0.3, 0.4) is 0 Å². The molecule has 1 fully saturated rings. The first-order valence-corrected chi connectivity index (χ1v) is 5.38. The normalized spacial score (nSPS) is 30.6. The van der Waals surface area contributed by atoms with Crippen LogP contribution in [-0.4, -0.2) is 53.5 Å². The van der Waals surface area contributed by atoms with E-state index in [-0.39, 0.29) is 6.61 Å². The SMILES string of the molecule is CN(CC(O)CO)C1CCC(N)CC1. The minimum Gasteiger partial charge on any atom is -0.394 e. The molecule has 4 N–H and O–H groups in total. The molecular weight excluding hydrogens is 180 g/mol. The molecule has 4 nitrogen and oxygen atoms in total. The van der Waals surface area contributed by atoms with Gasteiger partial charge in [-0.2, -0.15) is 0 Å². The molecule has 0 aromatic heterocycles. The van der Waals surface area contributed by atoms with Crippen LogP contribution in [-0.2, 0) is 0 Å². The fraction of sp³-hybridized carbons (Fsp3) is 1.00. The largest absolute Gasteiger partial charge is 0.394 e. The van der Waals surface area contributed by atoms with E-state index in [0.717, 1.165) is 25.7 Å². The van der Waals surface area contributed by atoms with Gasteiger partial charge in [0.2, 0.25) is 0 Å². The van der Waals surface area contributed by atoms with Gasteiger partial charge >= 0.3 is 0 Å². The number of hydrogen-bond donors (Lipinski definition) is 3. The Kier molecular flexibility index (Phi) is 4.81. The van der Waals surface area contributed by atoms with Crippen molar-refractivity contribution in [2.75, 3.05) is 20.2 Å². The first-order valence-electron chi connectivity index (χ1n) is 5.38. The fourth-order valence-electron chi connectivity index (χ4n) is 2.08. The number of nitrogens with zero attached hydrogens (tertiary/aromatic N) is 1. The van der Waals surface area contributed by atoms with Crippen molar-refractivity contribution in [3.8, 4) is 0 Å². The van der Waals surface area contributed by atoms with Crippen molar-refractivity contribution in [2.45, 2.75) is 43.9 Å². The predicted octanol–water partition coefficient (Wildman–Crippen LogP) is -0.459. The zero-order valence-electron chi connectivity index (χ0n) is 8.89. The average Bonchev–Trinajstić information content (AvgIpc) is 2.18. The van der Waals surface area contributed by atoms with Gasteiger partial charge in [0.05, 0.1) is 12.7 Å². The summed E-state index contributed by atoms with van der Waals surface area (Å²) in [5, 5.41) is 18.0. The molecule has 1 unspecified atom stereocenters. The van der Waals surface area contributed by atoms with Gasteiger partial charge in [0.25, 0.3) is 0 Å². The van der Waals surface area contributed by atoms with E-state index in [9.17, 15) is 5.11 Å². The molecule has 1 atom stereocenters. The van der Waals surface area contributed by atoms with Crippen LogP contribution in [0.15, 0.2) is 0 Å². The highest BCUT2D eigenvalue weighted by atomic mass is 16.3. The Morgan fingerprint density at radius 1 is 1.36 bits per heavy atom. The predicted molar refractivity (Wildman–Crippen MR) is 56.0 cm³/mol. The molecule has 0 heterocycles. The molecule has 1 saturated carbocycles. The van der Waals surface area contributed by atoms with Crippen LogP contribution in [0.5, 0.6) is 0 Å². The van der Waals surface area contributed by atoms with Crippen molar-refractivity contribution in [1.82, 2.24) is 4.90 Å². The summed E-state index contributed by atoms with van der Waals surface area (Å²) in [5.41, 5.74) is 5.82. The number of aliphatic hydroxyl groups is 2. The minimum absolute atomic E-state index is 0.156. The molecule has 4 heteroatoms. The van der Waals surface area contributed by atoms with Crippen molar-refractivity contribution >= 4 is 0 Å². The maximum atomic E-state index is 9.29. The van der Waals surface area contributed by atoms with Gasteiger partial charge in [-0.15, -0.1) is 0 Å². The highest BCUT2D eigenvalue weighted by molar-refractivity contribution is 4.80. The van der Waals surface area contributed by atoms with Crippen molar-refractivity contribution < 1.29 is 10.2 Å². The lowest BCUT2D eigenvalue weighted by molar-refractivity contribution is 0.0474. The van der Waals surface area contributed by atoms with E-state index in [0.29, 0.717) is 18.6 Å². The average molecular weight is 202 g/mol. The third-order valence-corrected chi connectivity index (χ3v) is 3.07. The monoisotopic (exact) mass is 202 g/mol. The highest BCUT2D eigenvalue weighted by Gasteiger charge is 2.22. The van der Waals surface area contributed by atoms with Gasteiger partial charge in [-0.25, -0.2) is 0 Å². The van der Waals surface area contributed by atoms with E-state index < -0.39 is 6.10 Å². The Morgan fingerprint density at radius 3 is 2.43 bits per heavy atom. The summed E-state index contributed by atoms with van der Waals surface area (Å²) in [7, 11) is 2.00. The van der Waals surface area contributed by atoms with Gasteiger partial charge < -0.3 is 20.8 Å². The number of nitrogens with two attached hydrogens (primary N) is 1. The molecule has 0 spiro atoms. The first kappa shape index (κ1) is 11.9. The molecule has 84 valence electrons. The van der Waals surface area contributed by atoms with E-state index in [4.69, 9.17) is 10.8 Å². The maximum absolute atomic E-state index is 9.29. The fourth-order valence-corrected chi connectivity index (χ4v) is 2.08. The second-order valence-electron chi connectivity index (χ2n) is 4.34. The summed E-state index contributed by atoms with van der Waals surface area (Å²) >= 11 is 0. The third kappa shape index (κ3) is 3.53. The molecule has 0 saturated heterocycles. The molecule has 1 aliphatic carbocycles. The Bertz CT molecular complexity index is 158. The van der Waals surface area contributed by atoms with E-state index in [1.807, 2.05) is 7.05 Å². The van der Waals surface area contributed by atoms with Crippen LogP contribution in [0.1, 0.15) is 25.7 Å². The first-order chi connectivity index (χ1) is 6.63. The van der Waals surface area contributed by atoms with Crippen molar-refractivity contribution in [1.29, 1.82) is 0 Å². The number of hydrogen-bond acceptors (Lipinski definition) is 4. The lowest BCUT2D eigenvalue weighted by Gasteiger charge is -2.34. The van der Waals surface area contributed by atoms with Crippen molar-refractivity contribution in [3.05, 3.63) is 0 Å². The number of rotatable bonds is 4. The third-order valence-electron chi connectivity index (χ3n) is 3.07. The topological polar surface area (TPSA) is 69.7 Å². The Morgan fingerprint density at radius 2 is 1.93 bits per heavy atom. The van der Waals surface area contributed by atoms with Gasteiger partial charge in [0.1, 0.15) is 0 Å². The second-order valence-corrected chi connectivity index (χ2v) is 4.34. The standard InChI is InChI=1S/C10H22N2O2/c1-12(6-10(14)7-13)9-4-2-8(11)3-5-9/h8-10,13-14H,2-7,11H2,1H3. The van der Waals surface area contributed by atoms with E-state index in [1.54, 1.807) is 0 Å². The maximum Gasteiger partial charge on any atom is 0.0897 e. The van der Waals surface area contributed by atoms with Gasteiger partial charge in [-0.05, 0) is 32.7 Å². The molecule has 0 bridgehead atoms. The van der Waals surface area contributed by atoms with Crippen LogP contribution in [0.4, 0.5) is 0 Å². The molecule has 0 amide bonds. The lowest BCUT2D eigenvalue weighted by atomic mass is 9.91. The quantitative estimate of drug-likeness (QED) is 0.577. The molecule has 14 heavy (non-hydrogen) atoms. The van der Waals surface area contributed by atoms with Crippen LogP contribution in [0.25, 0.3) is 0 Å². The zero-order chi connectivity index (χ0) is 10.6. The van der Waals surface area contributed by atoms with Gasteiger partial charge in [0.15, 0.2) is 0 Å². The van der Waals surface area contributed by atoms with Crippen molar-refractivity contribution in [2.24, 2.45) is 5.73 Å². The summed E-state index contributed by atoms with van der Waals surface area (Å²) in [6.45, 7) is 0.396. The summed E-state index contributed by atoms with van der Waals surface area (Å²) in [6.07, 6.45) is 3.75.